The molecule has 0 aromatic heterocycles. The first-order valence-corrected chi connectivity index (χ1v) is 6.41. The Balaban J connectivity index is 2.41. The Morgan fingerprint density at radius 1 is 1.39 bits per heavy atom. The number of thiocarbonyl (C=S) groups is 1. The van der Waals surface area contributed by atoms with Gasteiger partial charge in [-0.2, -0.15) is 0 Å². The number of carbonyl (C=O) groups excluding carboxylic acids is 1. The molecule has 0 bridgehead atoms. The van der Waals surface area contributed by atoms with Crippen LogP contribution in [0.15, 0.2) is 30.3 Å². The van der Waals surface area contributed by atoms with Crippen molar-refractivity contribution in [1.82, 2.24) is 5.32 Å². The third kappa shape index (κ3) is 4.82. The SMILES string of the molecule is N[C@@H](CSC(=S)NC(=O)c1ccccc1)C(=O)O. The zero-order valence-electron chi connectivity index (χ0n) is 9.33. The molecular formula is C11H12N2O3S2. The van der Waals surface area contributed by atoms with Gasteiger partial charge in [-0.05, 0) is 12.1 Å². The second-order valence-corrected chi connectivity index (χ2v) is 5.06. The van der Waals surface area contributed by atoms with Crippen molar-refractivity contribution in [2.45, 2.75) is 6.04 Å². The number of benzene rings is 1. The average molecular weight is 284 g/mol. The van der Waals surface area contributed by atoms with E-state index in [1.54, 1.807) is 30.3 Å². The number of aliphatic carboxylic acids is 1. The molecule has 0 saturated carbocycles. The second kappa shape index (κ2) is 7.10. The second-order valence-electron chi connectivity index (χ2n) is 3.36. The molecule has 18 heavy (non-hydrogen) atoms. The number of carbonyl (C=O) groups is 2. The highest BCUT2D eigenvalue weighted by Gasteiger charge is 2.14. The van der Waals surface area contributed by atoms with Gasteiger partial charge in [-0.3, -0.25) is 9.59 Å². The van der Waals surface area contributed by atoms with Crippen LogP contribution in [0.25, 0.3) is 0 Å². The molecule has 4 N–H and O–H groups in total. The highest BCUT2D eigenvalue weighted by atomic mass is 32.2. The van der Waals surface area contributed by atoms with Gasteiger partial charge < -0.3 is 16.2 Å². The first-order valence-electron chi connectivity index (χ1n) is 5.02. The maximum atomic E-state index is 11.7. The number of carboxylic acid groups (broad SMARTS) is 1. The molecule has 1 aromatic rings. The van der Waals surface area contributed by atoms with Crippen LogP contribution < -0.4 is 11.1 Å². The molecule has 0 heterocycles. The number of hydrogen-bond acceptors (Lipinski definition) is 5. The summed E-state index contributed by atoms with van der Waals surface area (Å²) >= 11 is 5.95. The van der Waals surface area contributed by atoms with Crippen molar-refractivity contribution in [3.63, 3.8) is 0 Å². The number of thioether (sulfide) groups is 1. The van der Waals surface area contributed by atoms with Crippen LogP contribution in [0.5, 0.6) is 0 Å². The number of rotatable bonds is 4. The van der Waals surface area contributed by atoms with Crippen molar-refractivity contribution in [3.8, 4) is 0 Å². The summed E-state index contributed by atoms with van der Waals surface area (Å²) in [6.45, 7) is 0. The van der Waals surface area contributed by atoms with Crippen LogP contribution in [-0.4, -0.2) is 33.1 Å². The summed E-state index contributed by atoms with van der Waals surface area (Å²) in [5.41, 5.74) is 5.80. The first kappa shape index (κ1) is 14.6. The number of hydrogen-bond donors (Lipinski definition) is 3. The third-order valence-corrected chi connectivity index (χ3v) is 3.31. The molecule has 0 radical (unpaired) electrons. The van der Waals surface area contributed by atoms with Crippen molar-refractivity contribution < 1.29 is 14.7 Å². The van der Waals surface area contributed by atoms with Crippen molar-refractivity contribution >= 4 is 40.2 Å². The summed E-state index contributed by atoms with van der Waals surface area (Å²) in [6.07, 6.45) is 0. The van der Waals surface area contributed by atoms with Crippen LogP contribution in [0.1, 0.15) is 10.4 Å². The van der Waals surface area contributed by atoms with Gasteiger partial charge in [0.2, 0.25) is 0 Å². The maximum Gasteiger partial charge on any atom is 0.321 e. The number of nitrogens with one attached hydrogen (secondary N) is 1. The Labute approximate surface area is 114 Å². The fourth-order valence-corrected chi connectivity index (χ4v) is 1.96. The minimum absolute atomic E-state index is 0.114. The van der Waals surface area contributed by atoms with Gasteiger partial charge in [-0.25, -0.2) is 0 Å². The topological polar surface area (TPSA) is 92.4 Å². The van der Waals surface area contributed by atoms with Gasteiger partial charge in [0.1, 0.15) is 10.4 Å². The molecule has 1 aromatic carbocycles. The van der Waals surface area contributed by atoms with Crippen LogP contribution >= 0.6 is 24.0 Å². The molecule has 5 nitrogen and oxygen atoms in total. The Morgan fingerprint density at radius 2 is 2.00 bits per heavy atom. The summed E-state index contributed by atoms with van der Waals surface area (Å²) < 4.78 is 0.209. The van der Waals surface area contributed by atoms with E-state index in [4.69, 9.17) is 23.1 Å². The van der Waals surface area contributed by atoms with E-state index in [1.807, 2.05) is 0 Å². The van der Waals surface area contributed by atoms with E-state index < -0.39 is 12.0 Å². The predicted octanol–water partition coefficient (Wildman–Crippen LogP) is 0.846. The summed E-state index contributed by atoms with van der Waals surface area (Å²) in [5, 5.41) is 11.1. The van der Waals surface area contributed by atoms with E-state index in [1.165, 1.54) is 0 Å². The van der Waals surface area contributed by atoms with Gasteiger partial charge in [0.15, 0.2) is 0 Å². The summed E-state index contributed by atoms with van der Waals surface area (Å²) in [4.78, 5) is 22.2. The standard InChI is InChI=1S/C11H12N2O3S2/c12-8(10(15)16)6-18-11(17)13-9(14)7-4-2-1-3-5-7/h1-5,8H,6,12H2,(H,15,16)(H,13,14,17)/t8-/m0/s1. The van der Waals surface area contributed by atoms with Crippen molar-refractivity contribution in [2.24, 2.45) is 5.73 Å². The van der Waals surface area contributed by atoms with Crippen LogP contribution in [0, 0.1) is 0 Å². The van der Waals surface area contributed by atoms with Crippen molar-refractivity contribution in [2.75, 3.05) is 5.75 Å². The maximum absolute atomic E-state index is 11.7. The van der Waals surface area contributed by atoms with Crippen LogP contribution in [0.3, 0.4) is 0 Å². The molecule has 96 valence electrons. The fraction of sp³-hybridized carbons (Fsp3) is 0.182. The lowest BCUT2D eigenvalue weighted by Crippen LogP contribution is -2.34. The van der Waals surface area contributed by atoms with E-state index in [9.17, 15) is 9.59 Å². The summed E-state index contributed by atoms with van der Waals surface area (Å²) in [7, 11) is 0. The van der Waals surface area contributed by atoms with Crippen LogP contribution in [-0.2, 0) is 4.79 Å². The van der Waals surface area contributed by atoms with E-state index >= 15 is 0 Å². The Kier molecular flexibility index (Phi) is 5.76. The largest absolute Gasteiger partial charge is 0.480 e. The van der Waals surface area contributed by atoms with Crippen molar-refractivity contribution in [3.05, 3.63) is 35.9 Å². The van der Waals surface area contributed by atoms with Gasteiger partial charge in [0.05, 0.1) is 0 Å². The van der Waals surface area contributed by atoms with E-state index in [2.05, 4.69) is 5.32 Å². The number of carboxylic acids is 1. The van der Waals surface area contributed by atoms with Gasteiger partial charge in [0.25, 0.3) is 5.91 Å². The van der Waals surface area contributed by atoms with Gasteiger partial charge in [-0.1, -0.05) is 42.2 Å². The quantitative estimate of drug-likeness (QED) is 0.710. The van der Waals surface area contributed by atoms with E-state index in [0.717, 1.165) is 11.8 Å². The Morgan fingerprint density at radius 3 is 2.56 bits per heavy atom. The molecule has 1 rings (SSSR count). The average Bonchev–Trinajstić information content (AvgIpc) is 2.36. The van der Waals surface area contributed by atoms with Gasteiger partial charge in [0, 0.05) is 11.3 Å². The third-order valence-electron chi connectivity index (χ3n) is 1.96. The number of amides is 1. The minimum atomic E-state index is -1.10. The van der Waals surface area contributed by atoms with Crippen LogP contribution in [0.4, 0.5) is 0 Å². The van der Waals surface area contributed by atoms with Gasteiger partial charge in [-0.15, -0.1) is 0 Å². The molecule has 7 heteroatoms. The van der Waals surface area contributed by atoms with Crippen molar-refractivity contribution in [1.29, 1.82) is 0 Å². The molecule has 0 unspecified atom stereocenters. The molecule has 1 amide bonds. The zero-order chi connectivity index (χ0) is 13.5. The molecule has 0 saturated heterocycles. The van der Waals surface area contributed by atoms with Crippen LogP contribution in [0.2, 0.25) is 0 Å². The lowest BCUT2D eigenvalue weighted by atomic mass is 10.2. The summed E-state index contributed by atoms with van der Waals surface area (Å²) in [5.74, 6) is -1.31. The highest BCUT2D eigenvalue weighted by molar-refractivity contribution is 8.23. The Bertz CT molecular complexity index is 451. The smallest absolute Gasteiger partial charge is 0.321 e. The summed E-state index contributed by atoms with van der Waals surface area (Å²) in [6, 6.07) is 7.60. The first-order chi connectivity index (χ1) is 8.50. The molecule has 0 aliphatic carbocycles. The zero-order valence-corrected chi connectivity index (χ0v) is 11.0. The molecule has 0 aliphatic rings. The molecule has 1 atom stereocenters. The normalized spacial score (nSPS) is 11.6. The molecule has 0 spiro atoms. The molecule has 0 aliphatic heterocycles. The van der Waals surface area contributed by atoms with E-state index in [-0.39, 0.29) is 16.0 Å². The lowest BCUT2D eigenvalue weighted by molar-refractivity contribution is -0.137. The highest BCUT2D eigenvalue weighted by Crippen LogP contribution is 2.05. The Hall–Kier alpha value is -1.44. The fourth-order valence-electron chi connectivity index (χ4n) is 1.03. The minimum Gasteiger partial charge on any atom is -0.480 e. The number of nitrogens with two attached hydrogens (primary N) is 1. The molecule has 0 fully saturated rings. The molecular weight excluding hydrogens is 272 g/mol. The predicted molar refractivity (Wildman–Crippen MR) is 74.6 cm³/mol. The lowest BCUT2D eigenvalue weighted by Gasteiger charge is -2.08. The van der Waals surface area contributed by atoms with Gasteiger partial charge >= 0.3 is 5.97 Å². The van der Waals surface area contributed by atoms with E-state index in [0.29, 0.717) is 5.56 Å². The monoisotopic (exact) mass is 284 g/mol.